The summed E-state index contributed by atoms with van der Waals surface area (Å²) in [6.45, 7) is -0.693. The molecule has 2 bridgehead atoms. The van der Waals surface area contributed by atoms with Crippen molar-refractivity contribution in [1.82, 2.24) is 39.0 Å². The Hall–Kier alpha value is -3.36. The number of fused-ring (bicyclic) bond motifs is 4. The van der Waals surface area contributed by atoms with Gasteiger partial charge in [-0.2, -0.15) is 4.98 Å². The molecule has 3 fully saturated rings. The number of anilines is 2. The van der Waals surface area contributed by atoms with E-state index < -0.39 is 58.1 Å². The third kappa shape index (κ3) is 5.72. The number of nitrogens with zero attached hydrogens (tertiary/aromatic N) is 7. The first-order valence-electron chi connectivity index (χ1n) is 14.0. The van der Waals surface area contributed by atoms with Gasteiger partial charge in [0.25, 0.3) is 5.56 Å². The van der Waals surface area contributed by atoms with E-state index in [1.165, 1.54) is 17.2 Å². The number of nitrogens with two attached hydrogens (primary N) is 2. The average molecular weight is 684 g/mol. The van der Waals surface area contributed by atoms with Crippen molar-refractivity contribution in [1.29, 1.82) is 0 Å². The molecule has 2 saturated heterocycles. The van der Waals surface area contributed by atoms with Gasteiger partial charge in [-0.05, 0) is 19.3 Å². The molecule has 8 atom stereocenters. The monoisotopic (exact) mass is 684 g/mol. The molecule has 0 spiro atoms. The molecule has 0 radical (unpaired) electrons. The highest BCUT2D eigenvalue weighted by Gasteiger charge is 2.54. The summed E-state index contributed by atoms with van der Waals surface area (Å²) in [4.78, 5) is 56.0. The molecular weight excluding hydrogens is 654 g/mol. The molecule has 21 nitrogen and oxygen atoms in total. The van der Waals surface area contributed by atoms with Gasteiger partial charge >= 0.3 is 15.6 Å². The first-order valence-corrected chi connectivity index (χ1v) is 17.0. The van der Waals surface area contributed by atoms with Crippen LogP contribution in [0.1, 0.15) is 38.1 Å². The minimum absolute atomic E-state index is 0.0140. The molecule has 3 aliphatic rings. The number of phosphoric acid groups is 2. The van der Waals surface area contributed by atoms with E-state index in [9.17, 15) is 23.7 Å². The van der Waals surface area contributed by atoms with Gasteiger partial charge < -0.3 is 30.7 Å². The third-order valence-corrected chi connectivity index (χ3v) is 10.3. The highest BCUT2D eigenvalue weighted by atomic mass is 31.2. The second-order valence-corrected chi connectivity index (χ2v) is 14.2. The Labute approximate surface area is 258 Å². The van der Waals surface area contributed by atoms with Gasteiger partial charge in [0.15, 0.2) is 28.9 Å². The van der Waals surface area contributed by atoms with Crippen molar-refractivity contribution in [3.8, 4) is 0 Å². The predicted molar refractivity (Wildman–Crippen MR) is 154 cm³/mol. The van der Waals surface area contributed by atoms with Crippen molar-refractivity contribution in [3.63, 3.8) is 0 Å². The number of hydrogen-bond donors (Lipinski definition) is 5. The lowest BCUT2D eigenvalue weighted by Crippen LogP contribution is -2.34. The Kier molecular flexibility index (Phi) is 7.75. The van der Waals surface area contributed by atoms with Crippen LogP contribution in [-0.4, -0.2) is 87.0 Å². The predicted octanol–water partition coefficient (Wildman–Crippen LogP) is 0.745. The number of nitrogen functional groups attached to an aromatic ring is 2. The minimum Gasteiger partial charge on any atom is -0.382 e. The van der Waals surface area contributed by atoms with Gasteiger partial charge in [0.05, 0.1) is 37.6 Å². The molecule has 6 heterocycles. The summed E-state index contributed by atoms with van der Waals surface area (Å²) >= 11 is 0. The number of aromatic amines is 1. The van der Waals surface area contributed by atoms with Crippen molar-refractivity contribution in [2.45, 2.75) is 55.9 Å². The van der Waals surface area contributed by atoms with Crippen LogP contribution in [0.4, 0.5) is 11.8 Å². The van der Waals surface area contributed by atoms with E-state index in [-0.39, 0.29) is 41.9 Å². The average Bonchev–Trinajstić information content (AvgIpc) is 3.83. The molecule has 7 rings (SSSR count). The molecule has 4 aromatic heterocycles. The van der Waals surface area contributed by atoms with Crippen LogP contribution in [0.25, 0.3) is 22.3 Å². The fourth-order valence-corrected chi connectivity index (χ4v) is 7.71. The zero-order valence-electron chi connectivity index (χ0n) is 24.1. The van der Waals surface area contributed by atoms with Crippen molar-refractivity contribution < 1.29 is 46.5 Å². The van der Waals surface area contributed by atoms with Crippen LogP contribution < -0.4 is 17.0 Å². The number of imidazole rings is 2. The maximum atomic E-state index is 13.4. The first-order chi connectivity index (χ1) is 21.9. The number of nitrogens with one attached hydrogen (secondary N) is 1. The van der Waals surface area contributed by atoms with E-state index in [4.69, 9.17) is 34.5 Å². The lowest BCUT2D eigenvalue weighted by Gasteiger charge is -2.32. The molecule has 7 N–H and O–H groups in total. The van der Waals surface area contributed by atoms with Crippen molar-refractivity contribution in [2.24, 2.45) is 5.92 Å². The fourth-order valence-electron chi connectivity index (χ4n) is 6.26. The van der Waals surface area contributed by atoms with Gasteiger partial charge in [-0.25, -0.2) is 29.1 Å². The van der Waals surface area contributed by atoms with Crippen LogP contribution in [-0.2, 0) is 36.7 Å². The van der Waals surface area contributed by atoms with E-state index in [1.807, 2.05) is 0 Å². The van der Waals surface area contributed by atoms with Gasteiger partial charge in [-0.15, -0.1) is 0 Å². The Morgan fingerprint density at radius 1 is 1.07 bits per heavy atom. The number of aromatic nitrogens is 8. The third-order valence-electron chi connectivity index (χ3n) is 8.32. The van der Waals surface area contributed by atoms with E-state index >= 15 is 0 Å². The standard InChI is InChI=1S/C23H30N10O11P2/c1-39-45(35,36)40-6-12-4-13(21(42-12)33-10-29-15-18(33)30-22(25)31-19(15)34)44-46(37,38)41-7-23-3-2-11(5-23)20(43-23)32-9-28-14-16(24)26-8-27-17(14)32/h8-13,20-21H,2-7H2,1H3,(H,35,36)(H,37,38)(H2,24,26,27)(H3,25,30,31,34)/t11-,12+,13-,20-,21-,23+/m1/s1. The number of hydrogen-bond acceptors (Lipinski definition) is 16. The summed E-state index contributed by atoms with van der Waals surface area (Å²) in [6, 6.07) is 0. The molecule has 2 unspecified atom stereocenters. The molecule has 4 aromatic rings. The first kappa shape index (κ1) is 31.3. The van der Waals surface area contributed by atoms with Gasteiger partial charge in [0.1, 0.15) is 24.2 Å². The summed E-state index contributed by atoms with van der Waals surface area (Å²) in [6.07, 6.45) is 2.20. The Morgan fingerprint density at radius 3 is 2.61 bits per heavy atom. The molecule has 0 aromatic carbocycles. The van der Waals surface area contributed by atoms with Crippen LogP contribution in [0.2, 0.25) is 0 Å². The maximum absolute atomic E-state index is 13.4. The molecule has 46 heavy (non-hydrogen) atoms. The lowest BCUT2D eigenvalue weighted by atomic mass is 10.0. The van der Waals surface area contributed by atoms with Gasteiger partial charge in [-0.3, -0.25) is 37.0 Å². The summed E-state index contributed by atoms with van der Waals surface area (Å²) in [5.74, 6) is 0.109. The molecule has 23 heteroatoms. The number of phosphoric ester groups is 2. The zero-order valence-corrected chi connectivity index (χ0v) is 25.9. The normalized spacial score (nSPS) is 30.3. The molecule has 248 valence electrons. The lowest BCUT2D eigenvalue weighted by molar-refractivity contribution is -0.124. The largest absolute Gasteiger partial charge is 0.472 e. The Morgan fingerprint density at radius 2 is 1.83 bits per heavy atom. The Balaban J connectivity index is 1.08. The SMILES string of the molecule is COP(=O)(O)OC[C@@H]1C[C@@H](OP(=O)(O)OC[C@]23CC[C@H](C2)[C@H](n2cnc4c(N)ncnc42)O3)[C@H](n2cnc3c(=O)[nH]c(N)nc32)O1. The molecule has 2 aliphatic heterocycles. The topological polar surface area (TPSA) is 289 Å². The maximum Gasteiger partial charge on any atom is 0.472 e. The molecular formula is C23H30N10O11P2. The van der Waals surface area contributed by atoms with E-state index in [1.54, 1.807) is 10.9 Å². The van der Waals surface area contributed by atoms with Crippen molar-refractivity contribution in [3.05, 3.63) is 29.3 Å². The van der Waals surface area contributed by atoms with E-state index in [0.717, 1.165) is 13.5 Å². The second-order valence-electron chi connectivity index (χ2n) is 11.3. The minimum atomic E-state index is -4.79. The summed E-state index contributed by atoms with van der Waals surface area (Å²) in [5, 5.41) is 0. The zero-order chi connectivity index (χ0) is 32.4. The van der Waals surface area contributed by atoms with Crippen molar-refractivity contribution >= 4 is 49.7 Å². The summed E-state index contributed by atoms with van der Waals surface area (Å²) < 4.78 is 61.2. The van der Waals surface area contributed by atoms with Crippen LogP contribution in [0.5, 0.6) is 0 Å². The second kappa shape index (κ2) is 11.4. The quantitative estimate of drug-likeness (QED) is 0.136. The number of ether oxygens (including phenoxy) is 2. The van der Waals surface area contributed by atoms with Crippen LogP contribution in [0.15, 0.2) is 23.8 Å². The van der Waals surface area contributed by atoms with Crippen LogP contribution in [0, 0.1) is 5.92 Å². The Bertz CT molecular complexity index is 1950. The van der Waals surface area contributed by atoms with Gasteiger partial charge in [-0.1, -0.05) is 0 Å². The highest BCUT2D eigenvalue weighted by molar-refractivity contribution is 7.47. The molecule has 0 amide bonds. The summed E-state index contributed by atoms with van der Waals surface area (Å²) in [5.41, 5.74) is 11.1. The fraction of sp³-hybridized carbons (Fsp3) is 0.565. The number of H-pyrrole nitrogens is 1. The molecule has 1 saturated carbocycles. The van der Waals surface area contributed by atoms with Gasteiger partial charge in [0, 0.05) is 19.4 Å². The van der Waals surface area contributed by atoms with E-state index in [0.29, 0.717) is 24.0 Å². The van der Waals surface area contributed by atoms with Crippen LogP contribution in [0.3, 0.4) is 0 Å². The van der Waals surface area contributed by atoms with Gasteiger partial charge in [0.2, 0.25) is 5.95 Å². The van der Waals surface area contributed by atoms with Crippen LogP contribution >= 0.6 is 15.6 Å². The van der Waals surface area contributed by atoms with E-state index in [2.05, 4.69) is 34.4 Å². The smallest absolute Gasteiger partial charge is 0.382 e. The summed E-state index contributed by atoms with van der Waals surface area (Å²) in [7, 11) is -8.16. The highest BCUT2D eigenvalue weighted by Crippen LogP contribution is 2.56. The number of rotatable bonds is 11. The molecule has 1 aliphatic carbocycles. The van der Waals surface area contributed by atoms with Crippen molar-refractivity contribution in [2.75, 3.05) is 31.8 Å².